The molecule has 0 aliphatic carbocycles. The maximum Gasteiger partial charge on any atom is 0.453 e. The van der Waals surface area contributed by atoms with E-state index in [2.05, 4.69) is 10.1 Å². The molecule has 4 nitrogen and oxygen atoms in total. The minimum absolute atomic E-state index is 0.146. The molecule has 0 heterocycles. The lowest BCUT2D eigenvalue weighted by molar-refractivity contribution is -0.285. The highest BCUT2D eigenvalue weighted by atomic mass is 19.4. The number of carbonyl (C=O) groups excluding carboxylic acids is 2. The highest BCUT2D eigenvalue weighted by molar-refractivity contribution is 5.81. The molecular formula is C17H20F5NO3. The van der Waals surface area contributed by atoms with Crippen molar-refractivity contribution in [3.05, 3.63) is 35.9 Å². The molecule has 26 heavy (non-hydrogen) atoms. The monoisotopic (exact) mass is 381 g/mol. The maximum atomic E-state index is 12.6. The SMILES string of the molecule is O=C(CCC(=O)OCCCC(F)(F)C(F)(F)F)NCCc1ccccc1. The fraction of sp³-hybridized carbons (Fsp3) is 0.529. The second-order valence-electron chi connectivity index (χ2n) is 5.61. The standard InChI is InChI=1S/C17H20F5NO3/c18-16(19,17(20,21)22)10-4-12-26-15(25)8-7-14(24)23-11-9-13-5-2-1-3-6-13/h1-3,5-6H,4,7-12H2,(H,23,24). The first kappa shape index (κ1) is 21.9. The number of ether oxygens (including phenoxy) is 1. The number of benzene rings is 1. The van der Waals surface area contributed by atoms with Crippen molar-refractivity contribution in [2.75, 3.05) is 13.2 Å². The van der Waals surface area contributed by atoms with E-state index in [1.54, 1.807) is 0 Å². The third-order valence-corrected chi connectivity index (χ3v) is 3.45. The quantitative estimate of drug-likeness (QED) is 0.382. The third kappa shape index (κ3) is 8.26. The Labute approximate surface area is 147 Å². The van der Waals surface area contributed by atoms with Crippen molar-refractivity contribution < 1.29 is 36.3 Å². The summed E-state index contributed by atoms with van der Waals surface area (Å²) in [5.74, 6) is -6.00. The van der Waals surface area contributed by atoms with Gasteiger partial charge in [-0.3, -0.25) is 9.59 Å². The Morgan fingerprint density at radius 3 is 2.27 bits per heavy atom. The van der Waals surface area contributed by atoms with Crippen LogP contribution in [0.2, 0.25) is 0 Å². The van der Waals surface area contributed by atoms with E-state index in [-0.39, 0.29) is 18.7 Å². The molecule has 1 rings (SSSR count). The summed E-state index contributed by atoms with van der Waals surface area (Å²) in [5.41, 5.74) is 1.04. The second-order valence-corrected chi connectivity index (χ2v) is 5.61. The zero-order valence-corrected chi connectivity index (χ0v) is 14.0. The zero-order chi connectivity index (χ0) is 19.6. The minimum atomic E-state index is -5.62. The Hall–Kier alpha value is -2.19. The van der Waals surface area contributed by atoms with E-state index in [1.807, 2.05) is 30.3 Å². The van der Waals surface area contributed by atoms with E-state index in [0.717, 1.165) is 5.56 Å². The molecule has 0 spiro atoms. The number of nitrogens with one attached hydrogen (secondary N) is 1. The molecule has 0 fully saturated rings. The lowest BCUT2D eigenvalue weighted by atomic mass is 10.1. The molecule has 0 aromatic heterocycles. The number of hydrogen-bond acceptors (Lipinski definition) is 3. The topological polar surface area (TPSA) is 55.4 Å². The van der Waals surface area contributed by atoms with Crippen molar-refractivity contribution in [2.24, 2.45) is 0 Å². The van der Waals surface area contributed by atoms with Gasteiger partial charge in [-0.05, 0) is 18.4 Å². The van der Waals surface area contributed by atoms with Crippen molar-refractivity contribution in [2.45, 2.75) is 44.2 Å². The smallest absolute Gasteiger partial charge is 0.453 e. The average Bonchev–Trinajstić information content (AvgIpc) is 2.57. The van der Waals surface area contributed by atoms with Crippen LogP contribution in [0.3, 0.4) is 0 Å². The zero-order valence-electron chi connectivity index (χ0n) is 14.0. The third-order valence-electron chi connectivity index (χ3n) is 3.45. The predicted molar refractivity (Wildman–Crippen MR) is 83.6 cm³/mol. The van der Waals surface area contributed by atoms with Crippen LogP contribution < -0.4 is 5.32 Å². The molecule has 0 bridgehead atoms. The van der Waals surface area contributed by atoms with Gasteiger partial charge in [0.2, 0.25) is 5.91 Å². The normalized spacial score (nSPS) is 11.9. The molecule has 1 amide bonds. The number of carbonyl (C=O) groups is 2. The van der Waals surface area contributed by atoms with Crippen molar-refractivity contribution in [1.29, 1.82) is 0 Å². The molecule has 0 aliphatic rings. The summed E-state index contributed by atoms with van der Waals surface area (Å²) in [6, 6.07) is 9.44. The molecule has 0 unspecified atom stereocenters. The van der Waals surface area contributed by atoms with Crippen LogP contribution in [0.5, 0.6) is 0 Å². The lowest BCUT2D eigenvalue weighted by Crippen LogP contribution is -2.36. The van der Waals surface area contributed by atoms with Gasteiger partial charge >= 0.3 is 18.1 Å². The Balaban J connectivity index is 2.11. The number of rotatable bonds is 10. The molecule has 0 radical (unpaired) electrons. The molecule has 1 aromatic rings. The molecule has 1 N–H and O–H groups in total. The van der Waals surface area contributed by atoms with Gasteiger partial charge in [-0.25, -0.2) is 0 Å². The number of hydrogen-bond donors (Lipinski definition) is 1. The average molecular weight is 381 g/mol. The van der Waals surface area contributed by atoms with Gasteiger partial charge in [0.25, 0.3) is 0 Å². The van der Waals surface area contributed by atoms with Gasteiger partial charge in [0, 0.05) is 19.4 Å². The van der Waals surface area contributed by atoms with E-state index in [0.29, 0.717) is 13.0 Å². The van der Waals surface area contributed by atoms with Gasteiger partial charge in [-0.1, -0.05) is 30.3 Å². The second kappa shape index (κ2) is 10.1. The highest BCUT2D eigenvalue weighted by Gasteiger charge is 2.56. The molecular weight excluding hydrogens is 361 g/mol. The van der Waals surface area contributed by atoms with Crippen LogP contribution in [0.1, 0.15) is 31.2 Å². The van der Waals surface area contributed by atoms with Crippen molar-refractivity contribution in [3.63, 3.8) is 0 Å². The molecule has 0 saturated carbocycles. The minimum Gasteiger partial charge on any atom is -0.466 e. The van der Waals surface area contributed by atoms with E-state index >= 15 is 0 Å². The largest absolute Gasteiger partial charge is 0.466 e. The summed E-state index contributed by atoms with van der Waals surface area (Å²) in [6.45, 7) is -0.162. The molecule has 146 valence electrons. The fourth-order valence-electron chi connectivity index (χ4n) is 1.99. The van der Waals surface area contributed by atoms with Crippen LogP contribution in [0.4, 0.5) is 22.0 Å². The predicted octanol–water partition coefficient (Wildman–Crippen LogP) is 3.65. The Kier molecular flexibility index (Phi) is 8.47. The summed E-state index contributed by atoms with van der Waals surface area (Å²) in [5, 5.41) is 2.62. The van der Waals surface area contributed by atoms with Gasteiger partial charge < -0.3 is 10.1 Å². The first-order valence-electron chi connectivity index (χ1n) is 8.02. The number of alkyl halides is 5. The highest BCUT2D eigenvalue weighted by Crippen LogP contribution is 2.38. The van der Waals surface area contributed by atoms with Crippen molar-refractivity contribution >= 4 is 11.9 Å². The number of esters is 1. The first-order valence-corrected chi connectivity index (χ1v) is 8.02. The summed E-state index contributed by atoms with van der Waals surface area (Å²) in [6.07, 6.45) is -7.48. The Morgan fingerprint density at radius 2 is 1.65 bits per heavy atom. The van der Waals surface area contributed by atoms with Crippen molar-refractivity contribution in [3.8, 4) is 0 Å². The van der Waals surface area contributed by atoms with Gasteiger partial charge in [0.15, 0.2) is 0 Å². The van der Waals surface area contributed by atoms with Gasteiger partial charge in [-0.15, -0.1) is 0 Å². The summed E-state index contributed by atoms with van der Waals surface area (Å²) < 4.78 is 65.6. The van der Waals surface area contributed by atoms with Gasteiger partial charge in [0.1, 0.15) is 0 Å². The summed E-state index contributed by atoms with van der Waals surface area (Å²) in [7, 11) is 0. The first-order chi connectivity index (χ1) is 12.1. The van der Waals surface area contributed by atoms with E-state index in [1.165, 1.54) is 0 Å². The molecule has 0 aliphatic heterocycles. The van der Waals surface area contributed by atoms with E-state index < -0.39 is 37.5 Å². The van der Waals surface area contributed by atoms with E-state index in [4.69, 9.17) is 0 Å². The molecule has 0 atom stereocenters. The van der Waals surface area contributed by atoms with Crippen molar-refractivity contribution in [1.82, 2.24) is 5.32 Å². The lowest BCUT2D eigenvalue weighted by Gasteiger charge is -2.19. The Morgan fingerprint density at radius 1 is 1.00 bits per heavy atom. The van der Waals surface area contributed by atoms with E-state index in [9.17, 15) is 31.5 Å². The maximum absolute atomic E-state index is 12.6. The number of amides is 1. The summed E-state index contributed by atoms with van der Waals surface area (Å²) in [4.78, 5) is 22.9. The molecule has 9 heteroatoms. The van der Waals surface area contributed by atoms with Crippen LogP contribution in [0, 0.1) is 0 Å². The van der Waals surface area contributed by atoms with Crippen LogP contribution in [0.15, 0.2) is 30.3 Å². The summed E-state index contributed by atoms with van der Waals surface area (Å²) >= 11 is 0. The molecule has 0 saturated heterocycles. The van der Waals surface area contributed by atoms with Gasteiger partial charge in [-0.2, -0.15) is 22.0 Å². The van der Waals surface area contributed by atoms with Crippen LogP contribution in [0.25, 0.3) is 0 Å². The van der Waals surface area contributed by atoms with Crippen LogP contribution >= 0.6 is 0 Å². The van der Waals surface area contributed by atoms with Gasteiger partial charge in [0.05, 0.1) is 13.0 Å². The number of halogens is 5. The fourth-order valence-corrected chi connectivity index (χ4v) is 1.99. The Bertz CT molecular complexity index is 576. The molecule has 1 aromatic carbocycles. The van der Waals surface area contributed by atoms with Crippen LogP contribution in [-0.4, -0.2) is 37.1 Å². The van der Waals surface area contributed by atoms with Crippen LogP contribution in [-0.2, 0) is 20.7 Å².